The molecule has 4 rings (SSSR count). The minimum atomic E-state index is -0.286. The van der Waals surface area contributed by atoms with Crippen molar-refractivity contribution in [1.82, 2.24) is 15.3 Å². The Balaban J connectivity index is 1.33. The lowest BCUT2D eigenvalue weighted by Crippen LogP contribution is -2.24. The van der Waals surface area contributed by atoms with Crippen LogP contribution in [0.2, 0.25) is 0 Å². The number of hydrogen-bond donors (Lipinski definition) is 1. The van der Waals surface area contributed by atoms with Crippen molar-refractivity contribution in [2.75, 3.05) is 0 Å². The van der Waals surface area contributed by atoms with Crippen LogP contribution in [0.3, 0.4) is 0 Å². The van der Waals surface area contributed by atoms with Crippen LogP contribution in [0, 0.1) is 12.7 Å². The van der Waals surface area contributed by atoms with E-state index in [1.807, 2.05) is 29.8 Å². The summed E-state index contributed by atoms with van der Waals surface area (Å²) in [5.74, 6) is 0.931. The first kappa shape index (κ1) is 18.5. The van der Waals surface area contributed by atoms with Gasteiger partial charge in [-0.15, -0.1) is 22.7 Å². The third kappa shape index (κ3) is 4.35. The lowest BCUT2D eigenvalue weighted by molar-refractivity contribution is -0.120. The molecule has 0 aliphatic heterocycles. The molecule has 4 aromatic rings. The molecule has 28 heavy (non-hydrogen) atoms. The van der Waals surface area contributed by atoms with Gasteiger partial charge in [-0.1, -0.05) is 0 Å². The predicted molar refractivity (Wildman–Crippen MR) is 108 cm³/mol. The van der Waals surface area contributed by atoms with Crippen molar-refractivity contribution in [1.29, 1.82) is 0 Å². The topological polar surface area (TPSA) is 68.0 Å². The van der Waals surface area contributed by atoms with Gasteiger partial charge in [0.05, 0.1) is 23.7 Å². The molecule has 1 amide bonds. The van der Waals surface area contributed by atoms with E-state index in [0.717, 1.165) is 21.3 Å². The molecular formula is C20H16FN3O2S2. The normalized spacial score (nSPS) is 10.9. The fourth-order valence-electron chi connectivity index (χ4n) is 2.61. The standard InChI is InChI=1S/C20H16FN3O2S2/c1-12-23-17(11-27-12)18-7-6-16(26-18)9-22-19(25)8-15-10-28-20(24-15)13-2-4-14(21)5-3-13/h2-7,10-11H,8-9H2,1H3,(H,22,25). The number of amides is 1. The Bertz CT molecular complexity index is 1100. The maximum atomic E-state index is 13.0. The Labute approximate surface area is 168 Å². The minimum absolute atomic E-state index is 0.140. The number of furan rings is 1. The van der Waals surface area contributed by atoms with Gasteiger partial charge in [0.1, 0.15) is 22.3 Å². The van der Waals surface area contributed by atoms with E-state index >= 15 is 0 Å². The van der Waals surface area contributed by atoms with Crippen LogP contribution >= 0.6 is 22.7 Å². The van der Waals surface area contributed by atoms with Crippen LogP contribution in [0.5, 0.6) is 0 Å². The second-order valence-corrected chi connectivity index (χ2v) is 8.04. The zero-order valence-electron chi connectivity index (χ0n) is 14.9. The smallest absolute Gasteiger partial charge is 0.226 e. The molecule has 0 unspecified atom stereocenters. The number of benzene rings is 1. The monoisotopic (exact) mass is 413 g/mol. The van der Waals surface area contributed by atoms with Gasteiger partial charge in [0.15, 0.2) is 5.76 Å². The molecule has 0 bridgehead atoms. The van der Waals surface area contributed by atoms with Gasteiger partial charge in [-0.25, -0.2) is 14.4 Å². The Morgan fingerprint density at radius 3 is 2.68 bits per heavy atom. The van der Waals surface area contributed by atoms with Crippen molar-refractivity contribution in [2.45, 2.75) is 19.9 Å². The van der Waals surface area contributed by atoms with Crippen molar-refractivity contribution >= 4 is 28.6 Å². The molecule has 8 heteroatoms. The Morgan fingerprint density at radius 2 is 1.93 bits per heavy atom. The molecule has 5 nitrogen and oxygen atoms in total. The highest BCUT2D eigenvalue weighted by Crippen LogP contribution is 2.25. The molecule has 1 aromatic carbocycles. The highest BCUT2D eigenvalue weighted by Gasteiger charge is 2.11. The van der Waals surface area contributed by atoms with Crippen LogP contribution in [0.1, 0.15) is 16.5 Å². The Morgan fingerprint density at radius 1 is 1.11 bits per heavy atom. The summed E-state index contributed by atoms with van der Waals surface area (Å²) in [4.78, 5) is 21.1. The summed E-state index contributed by atoms with van der Waals surface area (Å²) in [5.41, 5.74) is 2.31. The second-order valence-electron chi connectivity index (χ2n) is 6.12. The van der Waals surface area contributed by atoms with Gasteiger partial charge < -0.3 is 9.73 Å². The summed E-state index contributed by atoms with van der Waals surface area (Å²) >= 11 is 2.99. The number of carbonyl (C=O) groups is 1. The summed E-state index contributed by atoms with van der Waals surface area (Å²) < 4.78 is 18.8. The van der Waals surface area contributed by atoms with E-state index in [1.54, 1.807) is 23.5 Å². The van der Waals surface area contributed by atoms with Gasteiger partial charge in [-0.05, 0) is 43.3 Å². The molecule has 0 atom stereocenters. The lowest BCUT2D eigenvalue weighted by Gasteiger charge is -2.01. The number of aryl methyl sites for hydroxylation is 1. The molecule has 1 N–H and O–H groups in total. The van der Waals surface area contributed by atoms with Crippen LogP contribution in [0.15, 0.2) is 51.6 Å². The third-order valence-electron chi connectivity index (χ3n) is 3.98. The summed E-state index contributed by atoms with van der Waals surface area (Å²) in [5, 5.41) is 8.36. The zero-order valence-corrected chi connectivity index (χ0v) is 16.6. The molecular weight excluding hydrogens is 397 g/mol. The number of thiazole rings is 2. The Hall–Kier alpha value is -2.84. The molecule has 0 saturated carbocycles. The summed E-state index contributed by atoms with van der Waals surface area (Å²) in [6.07, 6.45) is 0.177. The first-order chi connectivity index (χ1) is 13.6. The van der Waals surface area contributed by atoms with Gasteiger partial charge in [-0.2, -0.15) is 0 Å². The number of halogens is 1. The van der Waals surface area contributed by atoms with Gasteiger partial charge in [-0.3, -0.25) is 4.79 Å². The third-order valence-corrected chi connectivity index (χ3v) is 5.69. The van der Waals surface area contributed by atoms with E-state index in [0.29, 0.717) is 23.8 Å². The maximum absolute atomic E-state index is 13.0. The van der Waals surface area contributed by atoms with E-state index < -0.39 is 0 Å². The molecule has 0 saturated heterocycles. The van der Waals surface area contributed by atoms with Crippen LogP contribution in [-0.4, -0.2) is 15.9 Å². The molecule has 0 aliphatic carbocycles. The average Bonchev–Trinajstić information content (AvgIpc) is 3.41. The number of nitrogens with one attached hydrogen (secondary N) is 1. The zero-order chi connectivity index (χ0) is 19.5. The lowest BCUT2D eigenvalue weighted by atomic mass is 10.2. The molecule has 0 fully saturated rings. The van der Waals surface area contributed by atoms with Crippen molar-refractivity contribution in [2.24, 2.45) is 0 Å². The van der Waals surface area contributed by atoms with Crippen LogP contribution in [0.25, 0.3) is 22.0 Å². The number of hydrogen-bond acceptors (Lipinski definition) is 6. The first-order valence-corrected chi connectivity index (χ1v) is 10.3. The second kappa shape index (κ2) is 8.04. The molecule has 142 valence electrons. The van der Waals surface area contributed by atoms with E-state index in [4.69, 9.17) is 4.42 Å². The van der Waals surface area contributed by atoms with Crippen LogP contribution in [0.4, 0.5) is 4.39 Å². The molecule has 0 aliphatic rings. The molecule has 3 heterocycles. The van der Waals surface area contributed by atoms with Crippen LogP contribution in [-0.2, 0) is 17.8 Å². The molecule has 3 aromatic heterocycles. The van der Waals surface area contributed by atoms with Gasteiger partial charge in [0.25, 0.3) is 0 Å². The largest absolute Gasteiger partial charge is 0.458 e. The van der Waals surface area contributed by atoms with Gasteiger partial charge >= 0.3 is 0 Å². The molecule has 0 radical (unpaired) electrons. The number of aromatic nitrogens is 2. The summed E-state index contributed by atoms with van der Waals surface area (Å²) in [6, 6.07) is 9.83. The van der Waals surface area contributed by atoms with E-state index in [1.165, 1.54) is 23.5 Å². The number of rotatable bonds is 6. The predicted octanol–water partition coefficient (Wildman–Crippen LogP) is 4.83. The quantitative estimate of drug-likeness (QED) is 0.491. The van der Waals surface area contributed by atoms with E-state index in [9.17, 15) is 9.18 Å². The van der Waals surface area contributed by atoms with Crippen molar-refractivity contribution in [3.8, 4) is 22.0 Å². The van der Waals surface area contributed by atoms with E-state index in [-0.39, 0.29) is 18.1 Å². The average molecular weight is 413 g/mol. The minimum Gasteiger partial charge on any atom is -0.458 e. The highest BCUT2D eigenvalue weighted by atomic mass is 32.1. The van der Waals surface area contributed by atoms with Crippen molar-refractivity contribution in [3.63, 3.8) is 0 Å². The fourth-order valence-corrected chi connectivity index (χ4v) is 4.04. The fraction of sp³-hybridized carbons (Fsp3) is 0.150. The molecule has 0 spiro atoms. The summed E-state index contributed by atoms with van der Waals surface area (Å²) in [7, 11) is 0. The number of nitrogens with zero attached hydrogens (tertiary/aromatic N) is 2. The summed E-state index contributed by atoms with van der Waals surface area (Å²) in [6.45, 7) is 2.25. The number of carbonyl (C=O) groups excluding carboxylic acids is 1. The van der Waals surface area contributed by atoms with E-state index in [2.05, 4.69) is 15.3 Å². The maximum Gasteiger partial charge on any atom is 0.226 e. The Kier molecular flexibility index (Phi) is 5.31. The van der Waals surface area contributed by atoms with Gasteiger partial charge in [0.2, 0.25) is 5.91 Å². The van der Waals surface area contributed by atoms with Crippen LogP contribution < -0.4 is 5.32 Å². The van der Waals surface area contributed by atoms with Crippen molar-refractivity contribution in [3.05, 3.63) is 69.4 Å². The van der Waals surface area contributed by atoms with Gasteiger partial charge in [0, 0.05) is 16.3 Å². The van der Waals surface area contributed by atoms with Crippen molar-refractivity contribution < 1.29 is 13.6 Å². The SMILES string of the molecule is Cc1nc(-c2ccc(CNC(=O)Cc3csc(-c4ccc(F)cc4)n3)o2)cs1. The highest BCUT2D eigenvalue weighted by molar-refractivity contribution is 7.13. The first-order valence-electron chi connectivity index (χ1n) is 8.55.